The lowest BCUT2D eigenvalue weighted by atomic mass is 9.92. The molecule has 0 radical (unpaired) electrons. The third-order valence-electron chi connectivity index (χ3n) is 7.00. The van der Waals surface area contributed by atoms with Crippen molar-refractivity contribution >= 4 is 33.9 Å². The number of Topliss-reactive ketones (excluding diaryl/α,β-unsaturated/α-hetero) is 1. The van der Waals surface area contributed by atoms with Gasteiger partial charge in [0.15, 0.2) is 11.5 Å². The zero-order valence-corrected chi connectivity index (χ0v) is 20.3. The van der Waals surface area contributed by atoms with Gasteiger partial charge in [0, 0.05) is 17.3 Å². The first-order chi connectivity index (χ1) is 18.1. The molecule has 0 aliphatic carbocycles. The van der Waals surface area contributed by atoms with E-state index in [-0.39, 0.29) is 11.3 Å². The van der Waals surface area contributed by atoms with Gasteiger partial charge in [-0.25, -0.2) is 0 Å². The van der Waals surface area contributed by atoms with Crippen molar-refractivity contribution in [2.75, 3.05) is 18.1 Å². The molecule has 1 amide bonds. The maximum atomic E-state index is 13.6. The van der Waals surface area contributed by atoms with Crippen molar-refractivity contribution in [2.24, 2.45) is 0 Å². The molecule has 1 saturated heterocycles. The fourth-order valence-corrected chi connectivity index (χ4v) is 5.11. The van der Waals surface area contributed by atoms with E-state index in [9.17, 15) is 14.7 Å². The fraction of sp³-hybridized carbons (Fsp3) is 0.161. The standard InChI is InChI=1S/C31H25NO5/c1-2-19-10-12-21(13-11-19)28-27(29(33)24-9-5-7-20-6-3-4-8-23(20)24)30(34)31(35)32(28)22-14-15-25-26(18-22)37-17-16-36-25/h3-15,18,28,33H,2,16-17H2,1H3/b29-27+. The molecule has 1 atom stereocenters. The zero-order chi connectivity index (χ0) is 25.5. The van der Waals surface area contributed by atoms with E-state index in [1.807, 2.05) is 60.7 Å². The fourth-order valence-electron chi connectivity index (χ4n) is 5.11. The molecule has 2 aliphatic rings. The summed E-state index contributed by atoms with van der Waals surface area (Å²) < 4.78 is 11.4. The Morgan fingerprint density at radius 2 is 1.62 bits per heavy atom. The van der Waals surface area contributed by atoms with Gasteiger partial charge in [-0.15, -0.1) is 0 Å². The number of ketones is 1. The first-order valence-corrected chi connectivity index (χ1v) is 12.3. The molecule has 4 aromatic carbocycles. The summed E-state index contributed by atoms with van der Waals surface area (Å²) in [7, 11) is 0. The van der Waals surface area contributed by atoms with Gasteiger partial charge < -0.3 is 14.6 Å². The normalized spacial score (nSPS) is 18.4. The summed E-state index contributed by atoms with van der Waals surface area (Å²) in [4.78, 5) is 28.6. The number of carbonyl (C=O) groups excluding carboxylic acids is 2. The van der Waals surface area contributed by atoms with Crippen molar-refractivity contribution in [3.05, 3.63) is 107 Å². The molecular formula is C31H25NO5. The van der Waals surface area contributed by atoms with E-state index in [2.05, 4.69) is 6.92 Å². The van der Waals surface area contributed by atoms with Gasteiger partial charge in [-0.2, -0.15) is 0 Å². The number of ether oxygens (including phenoxy) is 2. The van der Waals surface area contributed by atoms with Crippen LogP contribution in [0.2, 0.25) is 0 Å². The number of benzene rings is 4. The quantitative estimate of drug-likeness (QED) is 0.222. The second-order valence-electron chi connectivity index (χ2n) is 9.12. The van der Waals surface area contributed by atoms with Crippen molar-refractivity contribution in [2.45, 2.75) is 19.4 Å². The van der Waals surface area contributed by atoms with E-state index in [1.54, 1.807) is 24.3 Å². The summed E-state index contributed by atoms with van der Waals surface area (Å²) in [6, 6.07) is 25.4. The van der Waals surface area contributed by atoms with Crippen molar-refractivity contribution < 1.29 is 24.2 Å². The summed E-state index contributed by atoms with van der Waals surface area (Å²) in [5, 5.41) is 13.4. The largest absolute Gasteiger partial charge is 0.507 e. The van der Waals surface area contributed by atoms with Gasteiger partial charge in [0.25, 0.3) is 11.7 Å². The minimum Gasteiger partial charge on any atom is -0.507 e. The Bertz CT molecular complexity index is 1570. The molecule has 1 N–H and O–H groups in total. The molecule has 0 bridgehead atoms. The number of aryl methyl sites for hydroxylation is 1. The number of nitrogens with zero attached hydrogens (tertiary/aromatic N) is 1. The molecule has 6 rings (SSSR count). The molecule has 0 aromatic heterocycles. The van der Waals surface area contributed by atoms with Gasteiger partial charge in [-0.05, 0) is 40.5 Å². The molecule has 184 valence electrons. The van der Waals surface area contributed by atoms with Crippen LogP contribution in [0, 0.1) is 0 Å². The van der Waals surface area contributed by atoms with Crippen LogP contribution in [0.1, 0.15) is 29.7 Å². The average molecular weight is 492 g/mol. The monoisotopic (exact) mass is 491 g/mol. The van der Waals surface area contributed by atoms with Crippen LogP contribution in [0.15, 0.2) is 90.5 Å². The number of carbonyl (C=O) groups is 2. The summed E-state index contributed by atoms with van der Waals surface area (Å²) in [5.41, 5.74) is 2.92. The van der Waals surface area contributed by atoms with Gasteiger partial charge in [-0.1, -0.05) is 73.7 Å². The van der Waals surface area contributed by atoms with Crippen LogP contribution in [0.5, 0.6) is 11.5 Å². The SMILES string of the molecule is CCc1ccc(C2/C(=C(\O)c3cccc4ccccc34)C(=O)C(=O)N2c2ccc3c(c2)OCCO3)cc1. The lowest BCUT2D eigenvalue weighted by Crippen LogP contribution is -2.29. The highest BCUT2D eigenvalue weighted by Gasteiger charge is 2.47. The van der Waals surface area contributed by atoms with E-state index in [1.165, 1.54) is 4.90 Å². The minimum atomic E-state index is -0.813. The zero-order valence-electron chi connectivity index (χ0n) is 20.3. The first kappa shape index (κ1) is 22.9. The smallest absolute Gasteiger partial charge is 0.300 e. The lowest BCUT2D eigenvalue weighted by Gasteiger charge is -2.27. The van der Waals surface area contributed by atoms with Gasteiger partial charge in [0.2, 0.25) is 0 Å². The van der Waals surface area contributed by atoms with Gasteiger partial charge in [-0.3, -0.25) is 14.5 Å². The van der Waals surface area contributed by atoms with Gasteiger partial charge >= 0.3 is 0 Å². The molecule has 0 spiro atoms. The molecular weight excluding hydrogens is 466 g/mol. The summed E-state index contributed by atoms with van der Waals surface area (Å²) >= 11 is 0. The number of hydrogen-bond acceptors (Lipinski definition) is 5. The Hall–Kier alpha value is -4.58. The van der Waals surface area contributed by atoms with Crippen molar-refractivity contribution in [1.29, 1.82) is 0 Å². The second kappa shape index (κ2) is 9.13. The Morgan fingerprint density at radius 3 is 2.41 bits per heavy atom. The van der Waals surface area contributed by atoms with Crippen LogP contribution in [-0.2, 0) is 16.0 Å². The van der Waals surface area contributed by atoms with E-state index in [0.717, 1.165) is 28.3 Å². The Labute approximate surface area is 214 Å². The van der Waals surface area contributed by atoms with Crippen LogP contribution >= 0.6 is 0 Å². The lowest BCUT2D eigenvalue weighted by molar-refractivity contribution is -0.132. The average Bonchev–Trinajstić information content (AvgIpc) is 3.22. The van der Waals surface area contributed by atoms with Gasteiger partial charge in [0.05, 0.1) is 11.6 Å². The first-order valence-electron chi connectivity index (χ1n) is 12.3. The van der Waals surface area contributed by atoms with Crippen LogP contribution in [0.25, 0.3) is 16.5 Å². The second-order valence-corrected chi connectivity index (χ2v) is 9.12. The number of fused-ring (bicyclic) bond motifs is 2. The highest BCUT2D eigenvalue weighted by molar-refractivity contribution is 6.51. The number of aliphatic hydroxyl groups is 1. The molecule has 4 aromatic rings. The van der Waals surface area contributed by atoms with E-state index in [0.29, 0.717) is 36.0 Å². The summed E-state index contributed by atoms with van der Waals surface area (Å²) in [5.74, 6) is -0.529. The highest BCUT2D eigenvalue weighted by Crippen LogP contribution is 2.45. The van der Waals surface area contributed by atoms with E-state index < -0.39 is 17.7 Å². The predicted molar refractivity (Wildman–Crippen MR) is 142 cm³/mol. The predicted octanol–water partition coefficient (Wildman–Crippen LogP) is 5.80. The molecule has 6 heteroatoms. The maximum Gasteiger partial charge on any atom is 0.300 e. The number of amides is 1. The van der Waals surface area contributed by atoms with Crippen LogP contribution < -0.4 is 14.4 Å². The Kier molecular flexibility index (Phi) is 5.64. The molecule has 0 saturated carbocycles. The summed E-state index contributed by atoms with van der Waals surface area (Å²) in [6.45, 7) is 2.92. The molecule has 1 unspecified atom stereocenters. The maximum absolute atomic E-state index is 13.6. The molecule has 37 heavy (non-hydrogen) atoms. The van der Waals surface area contributed by atoms with E-state index in [4.69, 9.17) is 9.47 Å². The molecule has 2 heterocycles. The number of hydrogen-bond donors (Lipinski definition) is 1. The number of anilines is 1. The van der Waals surface area contributed by atoms with Crippen molar-refractivity contribution in [3.8, 4) is 11.5 Å². The molecule has 6 nitrogen and oxygen atoms in total. The minimum absolute atomic E-state index is 0.0560. The van der Waals surface area contributed by atoms with Crippen LogP contribution in [0.3, 0.4) is 0 Å². The third-order valence-corrected chi connectivity index (χ3v) is 7.00. The van der Waals surface area contributed by atoms with Crippen LogP contribution in [0.4, 0.5) is 5.69 Å². The van der Waals surface area contributed by atoms with Crippen molar-refractivity contribution in [3.63, 3.8) is 0 Å². The van der Waals surface area contributed by atoms with E-state index >= 15 is 0 Å². The topological polar surface area (TPSA) is 76.1 Å². The number of aliphatic hydroxyl groups excluding tert-OH is 1. The van der Waals surface area contributed by atoms with Crippen molar-refractivity contribution in [1.82, 2.24) is 0 Å². The van der Waals surface area contributed by atoms with Gasteiger partial charge in [0.1, 0.15) is 19.0 Å². The molecule has 2 aliphatic heterocycles. The Morgan fingerprint density at radius 1 is 0.892 bits per heavy atom. The number of rotatable bonds is 4. The third kappa shape index (κ3) is 3.82. The summed E-state index contributed by atoms with van der Waals surface area (Å²) in [6.07, 6.45) is 0.860. The molecule has 1 fully saturated rings. The highest BCUT2D eigenvalue weighted by atomic mass is 16.6. The Balaban J connectivity index is 1.57. The van der Waals surface area contributed by atoms with Crippen LogP contribution in [-0.4, -0.2) is 30.0 Å².